The lowest BCUT2D eigenvalue weighted by Crippen LogP contribution is -1.63. The van der Waals surface area contributed by atoms with Gasteiger partial charge in [-0.3, -0.25) is 0 Å². The molecule has 0 bridgehead atoms. The molecule has 0 unspecified atom stereocenters. The van der Waals surface area contributed by atoms with Gasteiger partial charge < -0.3 is 0 Å². The minimum Gasteiger partial charge on any atom is -0.230 e. The van der Waals surface area contributed by atoms with Crippen molar-refractivity contribution >= 4 is 164 Å². The largest absolute Gasteiger partial charge is 0.230 e. The van der Waals surface area contributed by atoms with Crippen molar-refractivity contribution in [2.75, 3.05) is 0 Å². The lowest BCUT2D eigenvalue weighted by molar-refractivity contribution is 1.31. The van der Waals surface area contributed by atoms with Crippen LogP contribution in [0.2, 0.25) is 0 Å². The highest BCUT2D eigenvalue weighted by Gasteiger charge is 1.98. The fraction of sp³-hybridized carbons (Fsp3) is 0. The van der Waals surface area contributed by atoms with Gasteiger partial charge in [-0.05, 0) is 48.5 Å². The average molecular weight is 737 g/mol. The Hall–Kier alpha value is -1.46. The molecule has 4 aromatic heterocycles. The molecule has 0 atom stereocenters. The highest BCUT2D eigenvalue weighted by molar-refractivity contribution is 7.83. The van der Waals surface area contributed by atoms with Crippen molar-refractivity contribution in [1.82, 2.24) is 19.9 Å². The molecule has 4 aromatic carbocycles. The summed E-state index contributed by atoms with van der Waals surface area (Å²) in [4.78, 5) is 16.8. The first-order valence-corrected chi connectivity index (χ1v) is 16.7. The third-order valence-electron chi connectivity index (χ3n) is 5.13. The first-order valence-electron chi connectivity index (χ1n) is 11.6. The molecule has 0 N–H and O–H groups in total. The normalized spacial score (nSPS) is 10.0. The summed E-state index contributed by atoms with van der Waals surface area (Å²) in [7, 11) is 0. The van der Waals surface area contributed by atoms with Crippen LogP contribution < -0.4 is 0 Å². The maximum Gasteiger partial charge on any atom is 0.148 e. The van der Waals surface area contributed by atoms with Gasteiger partial charge in [0.05, 0.1) is 40.9 Å². The van der Waals surface area contributed by atoms with Crippen LogP contribution in [0.3, 0.4) is 0 Å². The number of rotatable bonds is 0. The zero-order chi connectivity index (χ0) is 27.9. The van der Waals surface area contributed by atoms with E-state index < -0.39 is 0 Å². The summed E-state index contributed by atoms with van der Waals surface area (Å²) >= 11 is 23.0. The number of fused-ring (bicyclic) bond motifs is 4. The molecule has 4 heterocycles. The Labute approximate surface area is 295 Å². The molecule has 0 aliphatic carbocycles. The van der Waals surface area contributed by atoms with Gasteiger partial charge in [0, 0.05) is 0 Å². The van der Waals surface area contributed by atoms with Gasteiger partial charge >= 0.3 is 0 Å². The Morgan fingerprint density at radius 3 is 0.714 bits per heavy atom. The van der Waals surface area contributed by atoms with Crippen LogP contribution in [0, 0.1) is 0 Å². The molecule has 8 rings (SSSR count). The van der Waals surface area contributed by atoms with E-state index in [0.29, 0.717) is 0 Å². The third-order valence-corrected chi connectivity index (χ3v) is 9.98. The van der Waals surface area contributed by atoms with E-state index in [-0.39, 0.29) is 27.0 Å². The summed E-state index contributed by atoms with van der Waals surface area (Å²) in [6, 6.07) is 32.1. The number of para-hydroxylation sites is 4. The zero-order valence-corrected chi connectivity index (χ0v) is 30.3. The summed E-state index contributed by atoms with van der Waals surface area (Å²) in [5.74, 6) is 0. The fourth-order valence-corrected chi connectivity index (χ4v) is 7.87. The first kappa shape index (κ1) is 35.0. The molecule has 0 aliphatic heterocycles. The number of nitrogens with zero attached hydrogens (tertiary/aromatic N) is 4. The molecule has 0 amide bonds. The molecular weight excluding hydrogens is 713 g/mol. The number of thiazole rings is 4. The van der Waals surface area contributed by atoms with E-state index in [0.717, 1.165) is 39.4 Å². The maximum absolute atomic E-state index is 4.20. The Kier molecular flexibility index (Phi) is 14.3. The Morgan fingerprint density at radius 1 is 0.333 bits per heavy atom. The summed E-state index contributed by atoms with van der Waals surface area (Å²) in [5, 5.41) is 0. The summed E-state index contributed by atoms with van der Waals surface area (Å²) < 4.78 is 8.14. The van der Waals surface area contributed by atoms with Crippen molar-refractivity contribution in [2.45, 2.75) is 17.4 Å². The van der Waals surface area contributed by atoms with E-state index in [1.807, 2.05) is 97.1 Å². The lowest BCUT2D eigenvalue weighted by Gasteiger charge is -1.80. The molecule has 0 saturated heterocycles. The number of hydrogen-bond acceptors (Lipinski definition) is 12. The number of benzene rings is 4. The smallest absolute Gasteiger partial charge is 0.148 e. The Morgan fingerprint density at radius 2 is 0.524 bits per heavy atom. The van der Waals surface area contributed by atoms with Crippen molar-refractivity contribution in [3.05, 3.63) is 97.1 Å². The molecule has 8 aromatic rings. The number of aromatic nitrogens is 4. The molecular formula is C28H24N4S10. The molecule has 0 fully saturated rings. The van der Waals surface area contributed by atoms with Crippen LogP contribution in [0.15, 0.2) is 114 Å². The molecule has 4 nitrogen and oxygen atoms in total. The minimum atomic E-state index is 0. The number of thiol groups is 4. The zero-order valence-electron chi connectivity index (χ0n) is 21.4. The fourth-order valence-electron chi connectivity index (χ4n) is 3.44. The third kappa shape index (κ3) is 9.78. The maximum atomic E-state index is 4.20. The van der Waals surface area contributed by atoms with E-state index in [2.05, 4.69) is 70.5 Å². The monoisotopic (exact) mass is 736 g/mol. The van der Waals surface area contributed by atoms with Crippen LogP contribution in [0.1, 0.15) is 0 Å². The van der Waals surface area contributed by atoms with Crippen LogP contribution in [-0.4, -0.2) is 19.9 Å². The van der Waals surface area contributed by atoms with E-state index >= 15 is 0 Å². The topological polar surface area (TPSA) is 51.6 Å². The average Bonchev–Trinajstić information content (AvgIpc) is 3.71. The van der Waals surface area contributed by atoms with E-state index in [1.165, 1.54) is 18.8 Å². The molecule has 0 aliphatic rings. The predicted octanol–water partition coefficient (Wildman–Crippen LogP) is 10.6. The van der Waals surface area contributed by atoms with E-state index in [9.17, 15) is 0 Å². The molecule has 42 heavy (non-hydrogen) atoms. The van der Waals surface area contributed by atoms with Crippen molar-refractivity contribution in [2.24, 2.45) is 0 Å². The molecule has 216 valence electrons. The van der Waals surface area contributed by atoms with Crippen molar-refractivity contribution < 1.29 is 0 Å². The summed E-state index contributed by atoms with van der Waals surface area (Å²) in [6.07, 6.45) is 0. The minimum absolute atomic E-state index is 0. The molecule has 14 heteroatoms. The van der Waals surface area contributed by atoms with E-state index in [4.69, 9.17) is 0 Å². The van der Waals surface area contributed by atoms with Gasteiger partial charge in [0.1, 0.15) is 17.4 Å². The molecule has 0 spiro atoms. The second-order valence-electron chi connectivity index (χ2n) is 7.86. The standard InChI is InChI=1S/4C7H5NS2.2H2S/c4*9-7-8-5-3-1-2-4-6(5)10-7;;/h4*1-4H,(H,8,9);2*1H2. The van der Waals surface area contributed by atoms with Gasteiger partial charge in [-0.15, -0.1) is 95.9 Å². The SMILES string of the molecule is S.S.Sc1nc2ccccc2s1.Sc1nc2ccccc2s1.Sc1nc2ccccc2s1.Sc1nc2ccccc2s1. The van der Waals surface area contributed by atoms with Crippen molar-refractivity contribution in [3.63, 3.8) is 0 Å². The first-order chi connectivity index (χ1) is 19.4. The predicted molar refractivity (Wildman–Crippen MR) is 208 cm³/mol. The van der Waals surface area contributed by atoms with Crippen LogP contribution in [0.5, 0.6) is 0 Å². The van der Waals surface area contributed by atoms with Gasteiger partial charge in [-0.1, -0.05) is 48.5 Å². The highest BCUT2D eigenvalue weighted by atomic mass is 32.2. The van der Waals surface area contributed by atoms with Gasteiger partial charge in [0.2, 0.25) is 0 Å². The van der Waals surface area contributed by atoms with Crippen molar-refractivity contribution in [1.29, 1.82) is 0 Å². The van der Waals surface area contributed by atoms with Crippen LogP contribution in [0.4, 0.5) is 0 Å². The van der Waals surface area contributed by atoms with Crippen molar-refractivity contribution in [3.8, 4) is 0 Å². The van der Waals surface area contributed by atoms with Gasteiger partial charge in [-0.25, -0.2) is 19.9 Å². The van der Waals surface area contributed by atoms with Gasteiger partial charge in [0.15, 0.2) is 0 Å². The highest BCUT2D eigenvalue weighted by Crippen LogP contribution is 2.25. The Bertz CT molecular complexity index is 1570. The molecule has 0 saturated carbocycles. The van der Waals surface area contributed by atoms with Gasteiger partial charge in [0.25, 0.3) is 0 Å². The quantitative estimate of drug-likeness (QED) is 0.117. The van der Waals surface area contributed by atoms with E-state index in [1.54, 1.807) is 45.3 Å². The van der Waals surface area contributed by atoms with Gasteiger partial charge in [-0.2, -0.15) is 27.0 Å². The van der Waals surface area contributed by atoms with Crippen LogP contribution >= 0.6 is 123 Å². The van der Waals surface area contributed by atoms with Crippen LogP contribution in [-0.2, 0) is 0 Å². The molecule has 0 radical (unpaired) electrons. The lowest BCUT2D eigenvalue weighted by atomic mass is 10.3. The second-order valence-corrected chi connectivity index (χ2v) is 14.9. The summed E-state index contributed by atoms with van der Waals surface area (Å²) in [6.45, 7) is 0. The Balaban J connectivity index is 0.000000151. The van der Waals surface area contributed by atoms with Crippen LogP contribution in [0.25, 0.3) is 40.9 Å². The number of hydrogen-bond donors (Lipinski definition) is 4. The summed E-state index contributed by atoms with van der Waals surface area (Å²) in [5.41, 5.74) is 4.16. The second kappa shape index (κ2) is 17.1.